The van der Waals surface area contributed by atoms with E-state index in [4.69, 9.17) is 5.73 Å². The third kappa shape index (κ3) is 2.86. The van der Waals surface area contributed by atoms with E-state index in [1.165, 1.54) is 37.7 Å². The molecule has 1 heterocycles. The Morgan fingerprint density at radius 2 is 1.86 bits per heavy atom. The lowest BCUT2D eigenvalue weighted by molar-refractivity contribution is 0.338. The molecule has 1 unspecified atom stereocenters. The zero-order valence-electron chi connectivity index (χ0n) is 12.7. The summed E-state index contributed by atoms with van der Waals surface area (Å²) >= 11 is 0. The van der Waals surface area contributed by atoms with Crippen LogP contribution in [0.2, 0.25) is 0 Å². The molecule has 1 saturated carbocycles. The lowest BCUT2D eigenvalue weighted by Gasteiger charge is -2.27. The molecule has 0 radical (unpaired) electrons. The molecule has 1 aliphatic rings. The molecule has 1 atom stereocenters. The van der Waals surface area contributed by atoms with Gasteiger partial charge in [-0.25, -0.2) is 0 Å². The van der Waals surface area contributed by atoms with Crippen molar-refractivity contribution in [3.63, 3.8) is 0 Å². The van der Waals surface area contributed by atoms with E-state index in [0.29, 0.717) is 12.6 Å². The maximum absolute atomic E-state index is 6.06. The van der Waals surface area contributed by atoms with Crippen LogP contribution in [-0.4, -0.2) is 21.3 Å². The van der Waals surface area contributed by atoms with Gasteiger partial charge in [-0.05, 0) is 25.3 Å². The fourth-order valence-electron chi connectivity index (χ4n) is 3.49. The van der Waals surface area contributed by atoms with Crippen molar-refractivity contribution in [1.82, 2.24) is 14.8 Å². The number of nitrogens with zero attached hydrogens (tertiary/aromatic N) is 3. The molecule has 0 saturated heterocycles. The van der Waals surface area contributed by atoms with Gasteiger partial charge < -0.3 is 10.3 Å². The van der Waals surface area contributed by atoms with Gasteiger partial charge in [-0.3, -0.25) is 0 Å². The Balaban J connectivity index is 1.97. The SMILES string of the molecule is Cc1nnc(C(CN)c2ccccc2)n1C1CCCCC1. The second-order valence-corrected chi connectivity index (χ2v) is 5.97. The molecule has 0 aliphatic heterocycles. The van der Waals surface area contributed by atoms with Crippen molar-refractivity contribution in [2.75, 3.05) is 6.54 Å². The molecule has 1 fully saturated rings. The Morgan fingerprint density at radius 3 is 2.52 bits per heavy atom. The predicted octanol–water partition coefficient (Wildman–Crippen LogP) is 3.18. The van der Waals surface area contributed by atoms with Crippen LogP contribution in [0.4, 0.5) is 0 Å². The molecule has 21 heavy (non-hydrogen) atoms. The average molecular weight is 284 g/mol. The molecule has 1 aliphatic carbocycles. The summed E-state index contributed by atoms with van der Waals surface area (Å²) in [5.41, 5.74) is 7.29. The van der Waals surface area contributed by atoms with E-state index >= 15 is 0 Å². The van der Waals surface area contributed by atoms with E-state index < -0.39 is 0 Å². The summed E-state index contributed by atoms with van der Waals surface area (Å²) in [7, 11) is 0. The molecule has 2 N–H and O–H groups in total. The fourth-order valence-corrected chi connectivity index (χ4v) is 3.49. The smallest absolute Gasteiger partial charge is 0.142 e. The van der Waals surface area contributed by atoms with E-state index in [1.807, 2.05) is 6.07 Å². The van der Waals surface area contributed by atoms with E-state index in [0.717, 1.165) is 11.6 Å². The number of aromatic nitrogens is 3. The maximum atomic E-state index is 6.06. The molecule has 1 aromatic carbocycles. The summed E-state index contributed by atoms with van der Waals surface area (Å²) < 4.78 is 2.35. The number of hydrogen-bond acceptors (Lipinski definition) is 3. The number of benzene rings is 1. The number of hydrogen-bond donors (Lipinski definition) is 1. The van der Waals surface area contributed by atoms with Crippen molar-refractivity contribution < 1.29 is 0 Å². The van der Waals surface area contributed by atoms with Crippen molar-refractivity contribution in [3.05, 3.63) is 47.5 Å². The van der Waals surface area contributed by atoms with Gasteiger partial charge in [0.15, 0.2) is 0 Å². The lowest BCUT2D eigenvalue weighted by Crippen LogP contribution is -2.23. The van der Waals surface area contributed by atoms with E-state index in [1.54, 1.807) is 0 Å². The quantitative estimate of drug-likeness (QED) is 0.938. The third-order valence-electron chi connectivity index (χ3n) is 4.58. The van der Waals surface area contributed by atoms with E-state index in [-0.39, 0.29) is 5.92 Å². The summed E-state index contributed by atoms with van der Waals surface area (Å²) in [6.45, 7) is 2.62. The zero-order chi connectivity index (χ0) is 14.7. The number of aryl methyl sites for hydroxylation is 1. The normalized spacial score (nSPS) is 17.8. The van der Waals surface area contributed by atoms with Crippen LogP contribution in [0.5, 0.6) is 0 Å². The van der Waals surface area contributed by atoms with Gasteiger partial charge >= 0.3 is 0 Å². The molecule has 0 amide bonds. The van der Waals surface area contributed by atoms with Gasteiger partial charge in [-0.15, -0.1) is 10.2 Å². The van der Waals surface area contributed by atoms with Gasteiger partial charge in [-0.1, -0.05) is 49.6 Å². The molecule has 2 aromatic rings. The highest BCUT2D eigenvalue weighted by atomic mass is 15.3. The van der Waals surface area contributed by atoms with Crippen LogP contribution in [0.25, 0.3) is 0 Å². The van der Waals surface area contributed by atoms with Gasteiger partial charge in [0, 0.05) is 12.6 Å². The maximum Gasteiger partial charge on any atom is 0.142 e. The Bertz CT molecular complexity index is 570. The molecular weight excluding hydrogens is 260 g/mol. The highest BCUT2D eigenvalue weighted by molar-refractivity contribution is 5.26. The van der Waals surface area contributed by atoms with Crippen molar-refractivity contribution >= 4 is 0 Å². The van der Waals surface area contributed by atoms with Crippen molar-refractivity contribution in [1.29, 1.82) is 0 Å². The molecule has 0 spiro atoms. The first-order valence-corrected chi connectivity index (χ1v) is 7.97. The molecule has 112 valence electrons. The van der Waals surface area contributed by atoms with Crippen LogP contribution < -0.4 is 5.73 Å². The summed E-state index contributed by atoms with van der Waals surface area (Å²) in [6, 6.07) is 11.0. The van der Waals surface area contributed by atoms with Gasteiger partial charge in [0.2, 0.25) is 0 Å². The molecule has 1 aromatic heterocycles. The van der Waals surface area contributed by atoms with Gasteiger partial charge in [0.05, 0.1) is 5.92 Å². The second-order valence-electron chi connectivity index (χ2n) is 5.97. The highest BCUT2D eigenvalue weighted by Gasteiger charge is 2.26. The Labute approximate surface area is 126 Å². The Morgan fingerprint density at radius 1 is 1.14 bits per heavy atom. The topological polar surface area (TPSA) is 56.7 Å². The monoisotopic (exact) mass is 284 g/mol. The van der Waals surface area contributed by atoms with Crippen molar-refractivity contribution in [3.8, 4) is 0 Å². The number of rotatable bonds is 4. The van der Waals surface area contributed by atoms with Crippen LogP contribution in [0.1, 0.15) is 61.3 Å². The lowest BCUT2D eigenvalue weighted by atomic mass is 9.93. The Kier molecular flexibility index (Phi) is 4.34. The fraction of sp³-hybridized carbons (Fsp3) is 0.529. The zero-order valence-corrected chi connectivity index (χ0v) is 12.7. The van der Waals surface area contributed by atoms with Gasteiger partial charge in [-0.2, -0.15) is 0 Å². The van der Waals surface area contributed by atoms with Crippen LogP contribution >= 0.6 is 0 Å². The minimum Gasteiger partial charge on any atom is -0.329 e. The molecule has 0 bridgehead atoms. The second kappa shape index (κ2) is 6.39. The largest absolute Gasteiger partial charge is 0.329 e. The van der Waals surface area contributed by atoms with Crippen LogP contribution in [-0.2, 0) is 0 Å². The Hall–Kier alpha value is -1.68. The van der Waals surface area contributed by atoms with Gasteiger partial charge in [0.1, 0.15) is 11.6 Å². The number of nitrogens with two attached hydrogens (primary N) is 1. The minimum absolute atomic E-state index is 0.134. The standard InChI is InChI=1S/C17H24N4/c1-13-19-20-17(21(13)15-10-6-3-7-11-15)16(12-18)14-8-4-2-5-9-14/h2,4-5,8-9,15-16H,3,6-7,10-12,18H2,1H3. The summed E-state index contributed by atoms with van der Waals surface area (Å²) in [5.74, 6) is 2.19. The van der Waals surface area contributed by atoms with Crippen LogP contribution in [0.15, 0.2) is 30.3 Å². The van der Waals surface area contributed by atoms with Gasteiger partial charge in [0.25, 0.3) is 0 Å². The molecule has 4 nitrogen and oxygen atoms in total. The third-order valence-corrected chi connectivity index (χ3v) is 4.58. The minimum atomic E-state index is 0.134. The molecule has 4 heteroatoms. The summed E-state index contributed by atoms with van der Waals surface area (Å²) in [5, 5.41) is 8.81. The van der Waals surface area contributed by atoms with Crippen LogP contribution in [0.3, 0.4) is 0 Å². The highest BCUT2D eigenvalue weighted by Crippen LogP contribution is 2.33. The first kappa shape index (κ1) is 14.3. The summed E-state index contributed by atoms with van der Waals surface area (Å²) in [6.07, 6.45) is 6.43. The molecule has 3 rings (SSSR count). The van der Waals surface area contributed by atoms with E-state index in [2.05, 4.69) is 46.0 Å². The van der Waals surface area contributed by atoms with E-state index in [9.17, 15) is 0 Å². The summed E-state index contributed by atoms with van der Waals surface area (Å²) in [4.78, 5) is 0. The predicted molar refractivity (Wildman–Crippen MR) is 84.2 cm³/mol. The first-order chi connectivity index (χ1) is 10.3. The van der Waals surface area contributed by atoms with Crippen molar-refractivity contribution in [2.24, 2.45) is 5.73 Å². The first-order valence-electron chi connectivity index (χ1n) is 7.97. The van der Waals surface area contributed by atoms with Crippen molar-refractivity contribution in [2.45, 2.75) is 51.0 Å². The average Bonchev–Trinajstić information content (AvgIpc) is 2.92. The van der Waals surface area contributed by atoms with Crippen LogP contribution in [0, 0.1) is 6.92 Å². The molecular formula is C17H24N4.